The molecular weight excluding hydrogens is 320 g/mol. The molecule has 1 N–H and O–H groups in total. The number of fused-ring (bicyclic) bond motifs is 1. The summed E-state index contributed by atoms with van der Waals surface area (Å²) >= 11 is 1.60. The summed E-state index contributed by atoms with van der Waals surface area (Å²) in [6, 6.07) is 15.4. The lowest BCUT2D eigenvalue weighted by molar-refractivity contribution is 0.0951. The van der Waals surface area contributed by atoms with Crippen molar-refractivity contribution >= 4 is 27.5 Å². The zero-order valence-electron chi connectivity index (χ0n) is 12.7. The molecule has 0 radical (unpaired) electrons. The summed E-state index contributed by atoms with van der Waals surface area (Å²) in [4.78, 5) is 20.8. The van der Waals surface area contributed by atoms with Crippen LogP contribution in [0.25, 0.3) is 15.9 Å². The van der Waals surface area contributed by atoms with Crippen molar-refractivity contribution in [1.29, 1.82) is 0 Å². The van der Waals surface area contributed by atoms with Gasteiger partial charge < -0.3 is 9.88 Å². The molecule has 0 unspecified atom stereocenters. The van der Waals surface area contributed by atoms with Gasteiger partial charge in [0.2, 0.25) is 0 Å². The second kappa shape index (κ2) is 6.25. The SMILES string of the molecule is O=C(NCc1nc2ccccc2s1)c1ccc(-n2ccnc2)cc1. The number of rotatable bonds is 4. The van der Waals surface area contributed by atoms with Gasteiger partial charge in [-0.1, -0.05) is 12.1 Å². The van der Waals surface area contributed by atoms with Gasteiger partial charge in [-0.2, -0.15) is 0 Å². The van der Waals surface area contributed by atoms with Crippen molar-refractivity contribution in [3.63, 3.8) is 0 Å². The van der Waals surface area contributed by atoms with Crippen molar-refractivity contribution in [2.24, 2.45) is 0 Å². The number of carbonyl (C=O) groups excluding carboxylic acids is 1. The molecule has 0 aliphatic carbocycles. The largest absolute Gasteiger partial charge is 0.346 e. The minimum absolute atomic E-state index is 0.105. The van der Waals surface area contributed by atoms with Crippen molar-refractivity contribution < 1.29 is 4.79 Å². The molecule has 2 aromatic carbocycles. The topological polar surface area (TPSA) is 59.8 Å². The highest BCUT2D eigenvalue weighted by Crippen LogP contribution is 2.21. The van der Waals surface area contributed by atoms with Crippen LogP contribution in [-0.4, -0.2) is 20.4 Å². The van der Waals surface area contributed by atoms with E-state index in [1.807, 2.05) is 59.3 Å². The minimum atomic E-state index is -0.105. The Morgan fingerprint density at radius 2 is 1.96 bits per heavy atom. The molecule has 0 bridgehead atoms. The smallest absolute Gasteiger partial charge is 0.251 e. The first-order valence-electron chi connectivity index (χ1n) is 7.51. The second-order valence-corrected chi connectivity index (χ2v) is 6.39. The Morgan fingerprint density at radius 3 is 2.71 bits per heavy atom. The van der Waals surface area contributed by atoms with E-state index >= 15 is 0 Å². The van der Waals surface area contributed by atoms with Crippen LogP contribution in [0.15, 0.2) is 67.3 Å². The lowest BCUT2D eigenvalue weighted by Crippen LogP contribution is -2.22. The molecule has 4 aromatic rings. The van der Waals surface area contributed by atoms with Gasteiger partial charge in [-0.05, 0) is 36.4 Å². The van der Waals surface area contributed by atoms with Crippen LogP contribution in [0.3, 0.4) is 0 Å². The number of aromatic nitrogens is 3. The van der Waals surface area contributed by atoms with Crippen LogP contribution in [0.2, 0.25) is 0 Å². The number of hydrogen-bond donors (Lipinski definition) is 1. The third-order valence-electron chi connectivity index (χ3n) is 3.67. The summed E-state index contributed by atoms with van der Waals surface area (Å²) in [6.45, 7) is 0.432. The number of amides is 1. The van der Waals surface area contributed by atoms with Gasteiger partial charge in [-0.15, -0.1) is 11.3 Å². The maximum absolute atomic E-state index is 12.3. The molecule has 118 valence electrons. The van der Waals surface area contributed by atoms with E-state index in [2.05, 4.69) is 15.3 Å². The molecule has 0 saturated heterocycles. The lowest BCUT2D eigenvalue weighted by Gasteiger charge is -2.05. The second-order valence-electron chi connectivity index (χ2n) is 5.27. The standard InChI is InChI=1S/C18H14N4OS/c23-18(13-5-7-14(8-6-13)22-10-9-19-12-22)20-11-17-21-15-3-1-2-4-16(15)24-17/h1-10,12H,11H2,(H,20,23). The molecule has 2 heterocycles. The molecule has 0 saturated carbocycles. The highest BCUT2D eigenvalue weighted by Gasteiger charge is 2.08. The van der Waals surface area contributed by atoms with E-state index < -0.39 is 0 Å². The van der Waals surface area contributed by atoms with E-state index in [4.69, 9.17) is 0 Å². The molecule has 0 aliphatic rings. The lowest BCUT2D eigenvalue weighted by atomic mass is 10.2. The Morgan fingerprint density at radius 1 is 1.12 bits per heavy atom. The minimum Gasteiger partial charge on any atom is -0.346 e. The van der Waals surface area contributed by atoms with Crippen LogP contribution in [0.1, 0.15) is 15.4 Å². The van der Waals surface area contributed by atoms with Crippen molar-refractivity contribution in [1.82, 2.24) is 19.9 Å². The van der Waals surface area contributed by atoms with Gasteiger partial charge in [0, 0.05) is 23.6 Å². The third-order valence-corrected chi connectivity index (χ3v) is 4.71. The molecule has 0 atom stereocenters. The first-order valence-corrected chi connectivity index (χ1v) is 8.32. The molecule has 1 amide bonds. The van der Waals surface area contributed by atoms with Gasteiger partial charge in [0.25, 0.3) is 5.91 Å². The molecule has 0 fully saturated rings. The predicted octanol–water partition coefficient (Wildman–Crippen LogP) is 3.41. The maximum atomic E-state index is 12.3. The fourth-order valence-electron chi connectivity index (χ4n) is 2.45. The van der Waals surface area contributed by atoms with Crippen LogP contribution < -0.4 is 5.32 Å². The summed E-state index contributed by atoms with van der Waals surface area (Å²) in [6.07, 6.45) is 5.31. The van der Waals surface area contributed by atoms with Gasteiger partial charge in [0.15, 0.2) is 0 Å². The Balaban J connectivity index is 1.44. The van der Waals surface area contributed by atoms with Crippen molar-refractivity contribution in [2.45, 2.75) is 6.54 Å². The average molecular weight is 334 g/mol. The molecule has 2 aromatic heterocycles. The number of para-hydroxylation sites is 1. The Hall–Kier alpha value is -2.99. The molecular formula is C18H14N4OS. The summed E-state index contributed by atoms with van der Waals surface area (Å²) < 4.78 is 3.02. The van der Waals surface area contributed by atoms with Crippen LogP contribution >= 0.6 is 11.3 Å². The van der Waals surface area contributed by atoms with Crippen LogP contribution in [0.5, 0.6) is 0 Å². The Labute approximate surface area is 142 Å². The number of hydrogen-bond acceptors (Lipinski definition) is 4. The summed E-state index contributed by atoms with van der Waals surface area (Å²) in [7, 11) is 0. The molecule has 24 heavy (non-hydrogen) atoms. The zero-order chi connectivity index (χ0) is 16.4. The summed E-state index contributed by atoms with van der Waals surface area (Å²) in [5, 5.41) is 3.82. The number of imidazole rings is 1. The monoisotopic (exact) mass is 334 g/mol. The van der Waals surface area contributed by atoms with Crippen LogP contribution in [0.4, 0.5) is 0 Å². The van der Waals surface area contributed by atoms with E-state index in [1.165, 1.54) is 0 Å². The Bertz CT molecular complexity index is 941. The van der Waals surface area contributed by atoms with Crippen LogP contribution in [-0.2, 0) is 6.54 Å². The average Bonchev–Trinajstić information content (AvgIpc) is 3.29. The molecule has 0 aliphatic heterocycles. The van der Waals surface area contributed by atoms with Crippen molar-refractivity contribution in [2.75, 3.05) is 0 Å². The molecule has 5 nitrogen and oxygen atoms in total. The molecule has 0 spiro atoms. The van der Waals surface area contributed by atoms with Crippen molar-refractivity contribution in [3.05, 3.63) is 77.8 Å². The zero-order valence-corrected chi connectivity index (χ0v) is 13.5. The first kappa shape index (κ1) is 14.6. The van der Waals surface area contributed by atoms with Gasteiger partial charge >= 0.3 is 0 Å². The van der Waals surface area contributed by atoms with Crippen molar-refractivity contribution in [3.8, 4) is 5.69 Å². The maximum Gasteiger partial charge on any atom is 0.251 e. The number of carbonyl (C=O) groups is 1. The van der Waals surface area contributed by atoms with E-state index in [1.54, 1.807) is 23.9 Å². The van der Waals surface area contributed by atoms with Gasteiger partial charge in [0.05, 0.1) is 23.1 Å². The fraction of sp³-hybridized carbons (Fsp3) is 0.0556. The number of nitrogens with zero attached hydrogens (tertiary/aromatic N) is 3. The Kier molecular flexibility index (Phi) is 3.80. The normalized spacial score (nSPS) is 10.8. The summed E-state index contributed by atoms with van der Waals surface area (Å²) in [5.74, 6) is -0.105. The van der Waals surface area contributed by atoms with E-state index in [-0.39, 0.29) is 5.91 Å². The highest BCUT2D eigenvalue weighted by molar-refractivity contribution is 7.18. The van der Waals surface area contributed by atoms with Gasteiger partial charge in [-0.25, -0.2) is 9.97 Å². The number of thiazole rings is 1. The third kappa shape index (κ3) is 2.91. The highest BCUT2D eigenvalue weighted by atomic mass is 32.1. The molecule has 6 heteroatoms. The number of nitrogens with one attached hydrogen (secondary N) is 1. The summed E-state index contributed by atoms with van der Waals surface area (Å²) in [5.41, 5.74) is 2.56. The quantitative estimate of drug-likeness (QED) is 0.622. The van der Waals surface area contributed by atoms with E-state index in [0.717, 1.165) is 20.9 Å². The fourth-order valence-corrected chi connectivity index (χ4v) is 3.36. The van der Waals surface area contributed by atoms with Gasteiger partial charge in [-0.3, -0.25) is 4.79 Å². The number of benzene rings is 2. The van der Waals surface area contributed by atoms with Gasteiger partial charge in [0.1, 0.15) is 5.01 Å². The first-order chi connectivity index (χ1) is 11.8. The molecule has 4 rings (SSSR count). The van der Waals surface area contributed by atoms with E-state index in [0.29, 0.717) is 12.1 Å². The predicted molar refractivity (Wildman–Crippen MR) is 94.4 cm³/mol. The van der Waals surface area contributed by atoms with E-state index in [9.17, 15) is 4.79 Å². The van der Waals surface area contributed by atoms with Crippen LogP contribution in [0, 0.1) is 0 Å².